The summed E-state index contributed by atoms with van der Waals surface area (Å²) in [5, 5.41) is 2.26. The standard InChI is InChI=1S/C18H16FNO/c19-18-15(11-20)6-3-7-16(18)12-21-17-9-8-13-4-1-2-5-14(13)10-17/h1-10H,11-12,20H2. The van der Waals surface area contributed by atoms with Crippen LogP contribution in [-0.4, -0.2) is 0 Å². The maximum absolute atomic E-state index is 14.1. The van der Waals surface area contributed by atoms with E-state index >= 15 is 0 Å². The second-order valence-electron chi connectivity index (χ2n) is 4.89. The van der Waals surface area contributed by atoms with E-state index in [1.807, 2.05) is 42.5 Å². The molecular formula is C18H16FNO. The van der Waals surface area contributed by atoms with Gasteiger partial charge in [-0.25, -0.2) is 4.39 Å². The summed E-state index contributed by atoms with van der Waals surface area (Å²) in [7, 11) is 0. The molecule has 0 spiro atoms. The van der Waals surface area contributed by atoms with Crippen molar-refractivity contribution in [1.82, 2.24) is 0 Å². The van der Waals surface area contributed by atoms with Crippen molar-refractivity contribution >= 4 is 10.8 Å². The fourth-order valence-corrected chi connectivity index (χ4v) is 2.32. The lowest BCUT2D eigenvalue weighted by molar-refractivity contribution is 0.300. The molecule has 3 aromatic carbocycles. The summed E-state index contributed by atoms with van der Waals surface area (Å²) >= 11 is 0. The molecule has 106 valence electrons. The Morgan fingerprint density at radius 3 is 2.43 bits per heavy atom. The molecule has 21 heavy (non-hydrogen) atoms. The van der Waals surface area contributed by atoms with Gasteiger partial charge in [0.2, 0.25) is 0 Å². The summed E-state index contributed by atoms with van der Waals surface area (Å²) in [4.78, 5) is 0. The average molecular weight is 281 g/mol. The van der Waals surface area contributed by atoms with Gasteiger partial charge >= 0.3 is 0 Å². The monoisotopic (exact) mass is 281 g/mol. The van der Waals surface area contributed by atoms with Gasteiger partial charge in [-0.05, 0) is 22.9 Å². The Morgan fingerprint density at radius 2 is 1.62 bits per heavy atom. The van der Waals surface area contributed by atoms with Crippen molar-refractivity contribution in [2.75, 3.05) is 0 Å². The van der Waals surface area contributed by atoms with Crippen LogP contribution in [0.15, 0.2) is 60.7 Å². The molecule has 0 saturated heterocycles. The third-order valence-corrected chi connectivity index (χ3v) is 3.49. The zero-order chi connectivity index (χ0) is 14.7. The molecule has 2 nitrogen and oxygen atoms in total. The van der Waals surface area contributed by atoms with Crippen LogP contribution >= 0.6 is 0 Å². The lowest BCUT2D eigenvalue weighted by Gasteiger charge is -2.10. The zero-order valence-corrected chi connectivity index (χ0v) is 11.6. The Bertz CT molecular complexity index is 770. The van der Waals surface area contributed by atoms with Gasteiger partial charge < -0.3 is 10.5 Å². The zero-order valence-electron chi connectivity index (χ0n) is 11.6. The Labute approximate surface area is 123 Å². The molecule has 0 bridgehead atoms. The van der Waals surface area contributed by atoms with Gasteiger partial charge in [0, 0.05) is 17.7 Å². The molecule has 0 atom stereocenters. The fraction of sp³-hybridized carbons (Fsp3) is 0.111. The van der Waals surface area contributed by atoms with Crippen LogP contribution in [0.3, 0.4) is 0 Å². The van der Waals surface area contributed by atoms with Crippen molar-refractivity contribution in [3.63, 3.8) is 0 Å². The van der Waals surface area contributed by atoms with Gasteiger partial charge in [0.15, 0.2) is 0 Å². The van der Waals surface area contributed by atoms with Crippen LogP contribution in [0.4, 0.5) is 4.39 Å². The van der Waals surface area contributed by atoms with Crippen LogP contribution in [0, 0.1) is 5.82 Å². The van der Waals surface area contributed by atoms with Gasteiger partial charge in [-0.1, -0.05) is 48.5 Å². The second kappa shape index (κ2) is 5.94. The number of ether oxygens (including phenoxy) is 1. The number of rotatable bonds is 4. The van der Waals surface area contributed by atoms with E-state index in [1.54, 1.807) is 18.2 Å². The molecule has 3 heteroatoms. The third-order valence-electron chi connectivity index (χ3n) is 3.49. The first-order valence-electron chi connectivity index (χ1n) is 6.86. The summed E-state index contributed by atoms with van der Waals surface area (Å²) in [6, 6.07) is 19.1. The molecule has 0 aliphatic carbocycles. The Kier molecular flexibility index (Phi) is 3.84. The maximum Gasteiger partial charge on any atom is 0.134 e. The quantitative estimate of drug-likeness (QED) is 0.784. The predicted octanol–water partition coefficient (Wildman–Crippen LogP) is 4.02. The molecule has 0 unspecified atom stereocenters. The maximum atomic E-state index is 14.1. The van der Waals surface area contributed by atoms with Crippen molar-refractivity contribution < 1.29 is 9.13 Å². The Hall–Kier alpha value is -2.39. The van der Waals surface area contributed by atoms with Crippen LogP contribution in [-0.2, 0) is 13.2 Å². The summed E-state index contributed by atoms with van der Waals surface area (Å²) in [6.45, 7) is 0.383. The van der Waals surface area contributed by atoms with Crippen LogP contribution in [0.25, 0.3) is 10.8 Å². The summed E-state index contributed by atoms with van der Waals surface area (Å²) < 4.78 is 19.8. The largest absolute Gasteiger partial charge is 0.489 e. The molecule has 2 N–H and O–H groups in total. The predicted molar refractivity (Wildman–Crippen MR) is 82.6 cm³/mol. The molecule has 0 saturated carbocycles. The van der Waals surface area contributed by atoms with Crippen molar-refractivity contribution in [1.29, 1.82) is 0 Å². The van der Waals surface area contributed by atoms with Crippen molar-refractivity contribution in [3.8, 4) is 5.75 Å². The molecule has 0 heterocycles. The molecule has 3 rings (SSSR count). The van der Waals surface area contributed by atoms with E-state index < -0.39 is 0 Å². The van der Waals surface area contributed by atoms with E-state index in [-0.39, 0.29) is 19.0 Å². The van der Waals surface area contributed by atoms with Crippen LogP contribution < -0.4 is 10.5 Å². The van der Waals surface area contributed by atoms with Crippen molar-refractivity contribution in [3.05, 3.63) is 77.6 Å². The molecule has 0 aliphatic rings. The average Bonchev–Trinajstić information content (AvgIpc) is 2.54. The van der Waals surface area contributed by atoms with Crippen molar-refractivity contribution in [2.24, 2.45) is 5.73 Å². The first kappa shape index (κ1) is 13.6. The molecule has 0 fully saturated rings. The number of nitrogens with two attached hydrogens (primary N) is 1. The molecule has 0 radical (unpaired) electrons. The normalized spacial score (nSPS) is 10.8. The molecular weight excluding hydrogens is 265 g/mol. The van der Waals surface area contributed by atoms with Gasteiger partial charge in [0.1, 0.15) is 18.2 Å². The lowest BCUT2D eigenvalue weighted by atomic mass is 10.1. The van der Waals surface area contributed by atoms with Crippen molar-refractivity contribution in [2.45, 2.75) is 13.2 Å². The minimum absolute atomic E-state index is 0.190. The third kappa shape index (κ3) is 2.88. The number of fused-ring (bicyclic) bond motifs is 1. The van der Waals surface area contributed by atoms with Gasteiger partial charge in [0.05, 0.1) is 0 Å². The highest BCUT2D eigenvalue weighted by molar-refractivity contribution is 5.83. The fourth-order valence-electron chi connectivity index (χ4n) is 2.32. The van der Waals surface area contributed by atoms with E-state index in [2.05, 4.69) is 0 Å². The first-order valence-corrected chi connectivity index (χ1v) is 6.86. The number of hydrogen-bond acceptors (Lipinski definition) is 2. The van der Waals surface area contributed by atoms with E-state index in [1.165, 1.54) is 0 Å². The Morgan fingerprint density at radius 1 is 0.857 bits per heavy atom. The highest BCUT2D eigenvalue weighted by Crippen LogP contribution is 2.22. The van der Waals surface area contributed by atoms with Crippen LogP contribution in [0.5, 0.6) is 5.75 Å². The van der Waals surface area contributed by atoms with Gasteiger partial charge in [-0.3, -0.25) is 0 Å². The van der Waals surface area contributed by atoms with E-state index in [0.717, 1.165) is 16.5 Å². The summed E-state index contributed by atoms with van der Waals surface area (Å²) in [5.41, 5.74) is 6.54. The molecule has 0 aliphatic heterocycles. The Balaban J connectivity index is 1.80. The van der Waals surface area contributed by atoms with E-state index in [4.69, 9.17) is 10.5 Å². The molecule has 3 aromatic rings. The van der Waals surface area contributed by atoms with Gasteiger partial charge in [-0.2, -0.15) is 0 Å². The smallest absolute Gasteiger partial charge is 0.134 e. The SMILES string of the molecule is NCc1cccc(COc2ccc3ccccc3c2)c1F. The number of halogens is 1. The molecule has 0 aromatic heterocycles. The number of hydrogen-bond donors (Lipinski definition) is 1. The van der Waals surface area contributed by atoms with Gasteiger partial charge in [0.25, 0.3) is 0 Å². The van der Waals surface area contributed by atoms with E-state index in [9.17, 15) is 4.39 Å². The molecule has 0 amide bonds. The highest BCUT2D eigenvalue weighted by atomic mass is 19.1. The second-order valence-corrected chi connectivity index (χ2v) is 4.89. The minimum Gasteiger partial charge on any atom is -0.489 e. The summed E-state index contributed by atoms with van der Waals surface area (Å²) in [6.07, 6.45) is 0. The first-order chi connectivity index (χ1) is 10.3. The topological polar surface area (TPSA) is 35.2 Å². The highest BCUT2D eigenvalue weighted by Gasteiger charge is 2.07. The number of benzene rings is 3. The minimum atomic E-state index is -0.277. The van der Waals surface area contributed by atoms with E-state index in [0.29, 0.717) is 11.1 Å². The van der Waals surface area contributed by atoms with Crippen LogP contribution in [0.1, 0.15) is 11.1 Å². The van der Waals surface area contributed by atoms with Crippen LogP contribution in [0.2, 0.25) is 0 Å². The lowest BCUT2D eigenvalue weighted by Crippen LogP contribution is -2.05. The summed E-state index contributed by atoms with van der Waals surface area (Å²) in [5.74, 6) is 0.451. The van der Waals surface area contributed by atoms with Gasteiger partial charge in [-0.15, -0.1) is 0 Å².